The van der Waals surface area contributed by atoms with Crippen molar-refractivity contribution in [2.75, 3.05) is 12.8 Å². The minimum Gasteiger partial charge on any atom is -0.467 e. The lowest BCUT2D eigenvalue weighted by Crippen LogP contribution is -2.29. The zero-order valence-corrected chi connectivity index (χ0v) is 17.8. The summed E-state index contributed by atoms with van der Waals surface area (Å²) in [5, 5.41) is 3.44. The summed E-state index contributed by atoms with van der Waals surface area (Å²) < 4.78 is 11.0. The van der Waals surface area contributed by atoms with Crippen LogP contribution < -0.4 is 11.1 Å². The first kappa shape index (κ1) is 21.9. The molecule has 3 N–H and O–H groups in total. The number of esters is 1. The summed E-state index contributed by atoms with van der Waals surface area (Å²) in [6.07, 6.45) is -0.808. The van der Waals surface area contributed by atoms with Gasteiger partial charge < -0.3 is 20.5 Å². The fourth-order valence-electron chi connectivity index (χ4n) is 3.16. The summed E-state index contributed by atoms with van der Waals surface area (Å²) in [6.45, 7) is 11.1. The van der Waals surface area contributed by atoms with E-state index in [1.54, 1.807) is 0 Å². The highest BCUT2D eigenvalue weighted by molar-refractivity contribution is 5.78. The summed E-state index contributed by atoms with van der Waals surface area (Å²) in [5.41, 5.74) is 11.5. The predicted octanol–water partition coefficient (Wildman–Crippen LogP) is 4.20. The molecule has 0 saturated carbocycles. The average Bonchev–Trinajstić information content (AvgIpc) is 2.65. The number of ether oxygens (including phenoxy) is 2. The van der Waals surface area contributed by atoms with Crippen LogP contribution >= 0.6 is 0 Å². The van der Waals surface area contributed by atoms with E-state index >= 15 is 0 Å². The monoisotopic (exact) mass is 384 g/mol. The van der Waals surface area contributed by atoms with Gasteiger partial charge in [0.05, 0.1) is 12.7 Å². The molecule has 28 heavy (non-hydrogen) atoms. The molecule has 0 aliphatic rings. The molecule has 5 nitrogen and oxygen atoms in total. The number of anilines is 1. The van der Waals surface area contributed by atoms with Gasteiger partial charge in [0.15, 0.2) is 6.10 Å². The van der Waals surface area contributed by atoms with Crippen molar-refractivity contribution in [2.24, 2.45) is 0 Å². The Morgan fingerprint density at radius 3 is 2.36 bits per heavy atom. The molecule has 5 heteroatoms. The van der Waals surface area contributed by atoms with Crippen molar-refractivity contribution < 1.29 is 14.3 Å². The van der Waals surface area contributed by atoms with Gasteiger partial charge in [0.25, 0.3) is 0 Å². The van der Waals surface area contributed by atoms with Crippen LogP contribution in [0.25, 0.3) is 0 Å². The van der Waals surface area contributed by atoms with Gasteiger partial charge in [-0.25, -0.2) is 4.79 Å². The van der Waals surface area contributed by atoms with E-state index in [9.17, 15) is 4.79 Å². The number of carbonyl (C=O) groups excluding carboxylic acids is 1. The fraction of sp³-hybridized carbons (Fsp3) is 0.435. The molecule has 1 atom stereocenters. The maximum atomic E-state index is 12.4. The van der Waals surface area contributed by atoms with Crippen LogP contribution in [-0.2, 0) is 27.4 Å². The van der Waals surface area contributed by atoms with Crippen molar-refractivity contribution in [2.45, 2.75) is 59.4 Å². The summed E-state index contributed by atoms with van der Waals surface area (Å²) in [5.74, 6) is -0.424. The molecule has 152 valence electrons. The highest BCUT2D eigenvalue weighted by Gasteiger charge is 2.30. The molecular formula is C23H32N2O3. The standard InChI is InChI=1S/C23H32N2O3/c1-15-12-18(21(22(26)27-6)28-23(3,4)5)16(2)20(24)19(15)14-25-13-17-10-8-7-9-11-17/h7-12,21,25H,13-14,24H2,1-6H3. The third-order valence-electron chi connectivity index (χ3n) is 4.65. The highest BCUT2D eigenvalue weighted by atomic mass is 16.6. The number of carbonyl (C=O) groups is 1. The van der Waals surface area contributed by atoms with Crippen LogP contribution in [0.4, 0.5) is 5.69 Å². The van der Waals surface area contributed by atoms with Crippen LogP contribution in [0.3, 0.4) is 0 Å². The zero-order valence-electron chi connectivity index (χ0n) is 17.8. The van der Waals surface area contributed by atoms with Crippen LogP contribution in [0.2, 0.25) is 0 Å². The molecule has 0 aliphatic heterocycles. The molecule has 0 saturated heterocycles. The van der Waals surface area contributed by atoms with Gasteiger partial charge in [-0.15, -0.1) is 0 Å². The smallest absolute Gasteiger partial charge is 0.339 e. The third-order valence-corrected chi connectivity index (χ3v) is 4.65. The summed E-state index contributed by atoms with van der Waals surface area (Å²) in [4.78, 5) is 12.4. The number of hydrogen-bond donors (Lipinski definition) is 2. The maximum Gasteiger partial charge on any atom is 0.339 e. The van der Waals surface area contributed by atoms with Gasteiger partial charge >= 0.3 is 5.97 Å². The Kier molecular flexibility index (Phi) is 7.22. The Labute approximate surface area is 168 Å². The Morgan fingerprint density at radius 2 is 1.79 bits per heavy atom. The van der Waals surface area contributed by atoms with Crippen LogP contribution in [0.5, 0.6) is 0 Å². The average molecular weight is 385 g/mol. The molecular weight excluding hydrogens is 352 g/mol. The van der Waals surface area contributed by atoms with E-state index in [1.807, 2.05) is 58.9 Å². The van der Waals surface area contributed by atoms with Crippen LogP contribution in [-0.4, -0.2) is 18.7 Å². The van der Waals surface area contributed by atoms with E-state index in [2.05, 4.69) is 17.4 Å². The lowest BCUT2D eigenvalue weighted by atomic mass is 9.93. The van der Waals surface area contributed by atoms with E-state index in [-0.39, 0.29) is 0 Å². The van der Waals surface area contributed by atoms with E-state index < -0.39 is 17.7 Å². The van der Waals surface area contributed by atoms with Gasteiger partial charge in [0.2, 0.25) is 0 Å². The topological polar surface area (TPSA) is 73.6 Å². The molecule has 2 aromatic rings. The van der Waals surface area contributed by atoms with E-state index in [0.717, 1.165) is 28.8 Å². The number of nitrogen functional groups attached to an aromatic ring is 1. The summed E-state index contributed by atoms with van der Waals surface area (Å²) >= 11 is 0. The van der Waals surface area contributed by atoms with Gasteiger partial charge in [0.1, 0.15) is 0 Å². The van der Waals surface area contributed by atoms with Crippen molar-refractivity contribution in [3.8, 4) is 0 Å². The summed E-state index contributed by atoms with van der Waals surface area (Å²) in [6, 6.07) is 12.2. The van der Waals surface area contributed by atoms with Crippen LogP contribution in [0.15, 0.2) is 36.4 Å². The molecule has 0 heterocycles. The van der Waals surface area contributed by atoms with Crippen molar-refractivity contribution >= 4 is 11.7 Å². The van der Waals surface area contributed by atoms with Crippen molar-refractivity contribution in [3.05, 3.63) is 64.2 Å². The number of methoxy groups -OCH3 is 1. The molecule has 2 rings (SSSR count). The second-order valence-electron chi connectivity index (χ2n) is 8.02. The molecule has 0 aromatic heterocycles. The molecule has 0 amide bonds. The van der Waals surface area contributed by atoms with Gasteiger partial charge in [-0.2, -0.15) is 0 Å². The third kappa shape index (κ3) is 5.57. The molecule has 0 bridgehead atoms. The van der Waals surface area contributed by atoms with Crippen molar-refractivity contribution in [3.63, 3.8) is 0 Å². The van der Waals surface area contributed by atoms with Gasteiger partial charge in [-0.3, -0.25) is 0 Å². The summed E-state index contributed by atoms with van der Waals surface area (Å²) in [7, 11) is 1.37. The first-order chi connectivity index (χ1) is 13.1. The van der Waals surface area contributed by atoms with Gasteiger partial charge in [-0.05, 0) is 62.4 Å². The number of hydrogen-bond acceptors (Lipinski definition) is 5. The number of nitrogens with one attached hydrogen (secondary N) is 1. The SMILES string of the molecule is COC(=O)C(OC(C)(C)C)c1cc(C)c(CNCc2ccccc2)c(N)c1C. The van der Waals surface area contributed by atoms with Crippen LogP contribution in [0.1, 0.15) is 54.7 Å². The number of rotatable bonds is 7. The van der Waals surface area contributed by atoms with Crippen molar-refractivity contribution in [1.82, 2.24) is 5.32 Å². The Balaban J connectivity index is 2.27. The molecule has 0 aliphatic carbocycles. The largest absolute Gasteiger partial charge is 0.467 e. The van der Waals surface area contributed by atoms with E-state index in [1.165, 1.54) is 12.7 Å². The fourth-order valence-corrected chi connectivity index (χ4v) is 3.16. The minimum atomic E-state index is -0.808. The van der Waals surface area contributed by atoms with Gasteiger partial charge in [-0.1, -0.05) is 36.4 Å². The zero-order chi connectivity index (χ0) is 20.9. The molecule has 0 spiro atoms. The Morgan fingerprint density at radius 1 is 1.14 bits per heavy atom. The highest BCUT2D eigenvalue weighted by Crippen LogP contribution is 2.33. The Hall–Kier alpha value is -2.37. The first-order valence-corrected chi connectivity index (χ1v) is 9.52. The molecule has 0 radical (unpaired) electrons. The Bertz CT molecular complexity index is 811. The lowest BCUT2D eigenvalue weighted by Gasteiger charge is -2.28. The van der Waals surface area contributed by atoms with E-state index in [0.29, 0.717) is 12.2 Å². The minimum absolute atomic E-state index is 0.424. The number of aryl methyl sites for hydroxylation is 1. The van der Waals surface area contributed by atoms with Crippen molar-refractivity contribution in [1.29, 1.82) is 0 Å². The maximum absolute atomic E-state index is 12.4. The van der Waals surface area contributed by atoms with E-state index in [4.69, 9.17) is 15.2 Å². The first-order valence-electron chi connectivity index (χ1n) is 9.52. The molecule has 2 aromatic carbocycles. The van der Waals surface area contributed by atoms with Gasteiger partial charge in [0, 0.05) is 18.8 Å². The number of nitrogens with two attached hydrogens (primary N) is 1. The quantitative estimate of drug-likeness (QED) is 0.553. The normalized spacial score (nSPS) is 12.6. The second-order valence-corrected chi connectivity index (χ2v) is 8.02. The molecule has 1 unspecified atom stereocenters. The predicted molar refractivity (Wildman–Crippen MR) is 113 cm³/mol. The lowest BCUT2D eigenvalue weighted by molar-refractivity contribution is -0.164. The number of benzene rings is 2. The molecule has 0 fully saturated rings. The second kappa shape index (κ2) is 9.22. The van der Waals surface area contributed by atoms with Crippen LogP contribution in [0, 0.1) is 13.8 Å².